The van der Waals surface area contributed by atoms with Crippen LogP contribution in [-0.2, 0) is 0 Å². The van der Waals surface area contributed by atoms with Crippen LogP contribution in [0.15, 0.2) is 47.1 Å². The molecule has 1 aromatic heterocycles. The van der Waals surface area contributed by atoms with E-state index in [1.54, 1.807) is 31.5 Å². The number of halogens is 1. The van der Waals surface area contributed by atoms with Crippen molar-refractivity contribution >= 4 is 21.8 Å². The molecule has 20 heavy (non-hydrogen) atoms. The van der Waals surface area contributed by atoms with Gasteiger partial charge in [0.1, 0.15) is 11.4 Å². The predicted molar refractivity (Wildman–Crippen MR) is 80.8 cm³/mol. The molecule has 0 spiro atoms. The first-order valence-electron chi connectivity index (χ1n) is 6.17. The molecule has 1 heterocycles. The summed E-state index contributed by atoms with van der Waals surface area (Å²) in [6.07, 6.45) is 1.60. The summed E-state index contributed by atoms with van der Waals surface area (Å²) >= 11 is 3.44. The molecule has 1 atom stereocenters. The normalized spacial score (nSPS) is 11.8. The van der Waals surface area contributed by atoms with Crippen LogP contribution in [0.1, 0.15) is 29.0 Å². The molecule has 2 aromatic rings. The van der Waals surface area contributed by atoms with E-state index in [9.17, 15) is 4.79 Å². The third-order valence-electron chi connectivity index (χ3n) is 2.92. The van der Waals surface area contributed by atoms with E-state index in [1.165, 1.54) is 0 Å². The molecule has 1 aromatic carbocycles. The van der Waals surface area contributed by atoms with Crippen LogP contribution in [0, 0.1) is 0 Å². The zero-order chi connectivity index (χ0) is 14.5. The molecule has 0 aliphatic heterocycles. The first-order chi connectivity index (χ1) is 9.61. The molecular formula is C15H15BrN2O2. The predicted octanol–water partition coefficient (Wildman–Crippen LogP) is 3.34. The Hall–Kier alpha value is -1.88. The number of hydrogen-bond donors (Lipinski definition) is 1. The van der Waals surface area contributed by atoms with Gasteiger partial charge in [0, 0.05) is 6.20 Å². The summed E-state index contributed by atoms with van der Waals surface area (Å²) in [6, 6.07) is 10.9. The smallest absolute Gasteiger partial charge is 0.270 e. The average molecular weight is 335 g/mol. The molecule has 0 bridgehead atoms. The summed E-state index contributed by atoms with van der Waals surface area (Å²) in [4.78, 5) is 16.1. The molecule has 0 saturated heterocycles. The lowest BCUT2D eigenvalue weighted by Crippen LogP contribution is -2.27. The lowest BCUT2D eigenvalue weighted by atomic mass is 10.1. The minimum Gasteiger partial charge on any atom is -0.496 e. The second kappa shape index (κ2) is 6.52. The largest absolute Gasteiger partial charge is 0.496 e. The Morgan fingerprint density at radius 2 is 2.15 bits per heavy atom. The molecule has 1 amide bonds. The number of benzene rings is 1. The van der Waals surface area contributed by atoms with Crippen molar-refractivity contribution in [2.45, 2.75) is 13.0 Å². The summed E-state index contributed by atoms with van der Waals surface area (Å²) in [5, 5.41) is 2.91. The highest BCUT2D eigenvalue weighted by Gasteiger charge is 2.13. The van der Waals surface area contributed by atoms with Gasteiger partial charge >= 0.3 is 0 Å². The van der Waals surface area contributed by atoms with Crippen molar-refractivity contribution in [1.29, 1.82) is 0 Å². The fourth-order valence-electron chi connectivity index (χ4n) is 1.80. The first kappa shape index (κ1) is 14.5. The van der Waals surface area contributed by atoms with E-state index >= 15 is 0 Å². The van der Waals surface area contributed by atoms with E-state index in [0.717, 1.165) is 15.8 Å². The minimum absolute atomic E-state index is 0.119. The zero-order valence-corrected chi connectivity index (χ0v) is 12.8. The van der Waals surface area contributed by atoms with E-state index in [4.69, 9.17) is 4.74 Å². The van der Waals surface area contributed by atoms with Crippen molar-refractivity contribution in [3.8, 4) is 5.75 Å². The van der Waals surface area contributed by atoms with Gasteiger partial charge in [-0.1, -0.05) is 12.1 Å². The molecule has 0 radical (unpaired) electrons. The Kier molecular flexibility index (Phi) is 4.74. The molecule has 0 aliphatic carbocycles. The number of carbonyl (C=O) groups excluding carboxylic acids is 1. The van der Waals surface area contributed by atoms with Crippen LogP contribution >= 0.6 is 15.9 Å². The van der Waals surface area contributed by atoms with Gasteiger partial charge in [0.15, 0.2) is 0 Å². The highest BCUT2D eigenvalue weighted by molar-refractivity contribution is 9.10. The number of amides is 1. The van der Waals surface area contributed by atoms with Crippen LogP contribution in [-0.4, -0.2) is 18.0 Å². The van der Waals surface area contributed by atoms with Crippen LogP contribution in [0.3, 0.4) is 0 Å². The molecule has 0 saturated carbocycles. The van der Waals surface area contributed by atoms with Crippen LogP contribution in [0.2, 0.25) is 0 Å². The van der Waals surface area contributed by atoms with E-state index in [2.05, 4.69) is 26.2 Å². The number of nitrogens with zero attached hydrogens (tertiary/aromatic N) is 1. The maximum Gasteiger partial charge on any atom is 0.270 e. The quantitative estimate of drug-likeness (QED) is 0.932. The summed E-state index contributed by atoms with van der Waals surface area (Å²) in [5.41, 5.74) is 1.40. The van der Waals surface area contributed by atoms with Crippen LogP contribution in [0.4, 0.5) is 0 Å². The number of hydrogen-bond acceptors (Lipinski definition) is 3. The third kappa shape index (κ3) is 3.36. The number of nitrogens with one attached hydrogen (secondary N) is 1. The van der Waals surface area contributed by atoms with Crippen LogP contribution < -0.4 is 10.1 Å². The maximum atomic E-state index is 12.0. The van der Waals surface area contributed by atoms with Gasteiger partial charge in [-0.25, -0.2) is 0 Å². The van der Waals surface area contributed by atoms with Crippen molar-refractivity contribution in [2.24, 2.45) is 0 Å². The molecule has 1 N–H and O–H groups in total. The van der Waals surface area contributed by atoms with Gasteiger partial charge in [-0.05, 0) is 52.7 Å². The topological polar surface area (TPSA) is 51.2 Å². The van der Waals surface area contributed by atoms with Crippen molar-refractivity contribution in [2.75, 3.05) is 7.11 Å². The minimum atomic E-state index is -0.190. The number of ether oxygens (including phenoxy) is 1. The van der Waals surface area contributed by atoms with Gasteiger partial charge in [0.05, 0.1) is 17.6 Å². The number of rotatable bonds is 4. The van der Waals surface area contributed by atoms with Gasteiger partial charge in [-0.3, -0.25) is 9.78 Å². The highest BCUT2D eigenvalue weighted by Crippen LogP contribution is 2.28. The van der Waals surface area contributed by atoms with Gasteiger partial charge < -0.3 is 10.1 Å². The van der Waals surface area contributed by atoms with Gasteiger partial charge in [-0.2, -0.15) is 0 Å². The summed E-state index contributed by atoms with van der Waals surface area (Å²) < 4.78 is 6.04. The molecule has 2 rings (SSSR count). The second-order valence-electron chi connectivity index (χ2n) is 4.30. The molecule has 5 heteroatoms. The molecular weight excluding hydrogens is 320 g/mol. The Morgan fingerprint density at radius 3 is 2.75 bits per heavy atom. The molecule has 0 fully saturated rings. The monoisotopic (exact) mass is 334 g/mol. The highest BCUT2D eigenvalue weighted by atomic mass is 79.9. The molecule has 104 valence electrons. The standard InChI is InChI=1S/C15H15BrN2O2/c1-10(11-6-7-14(20-2)12(16)9-11)18-15(19)13-5-3-4-8-17-13/h3-10H,1-2H3,(H,18,19). The fourth-order valence-corrected chi connectivity index (χ4v) is 2.36. The van der Waals surface area contributed by atoms with Crippen molar-refractivity contribution in [1.82, 2.24) is 10.3 Å². The molecule has 4 nitrogen and oxygen atoms in total. The lowest BCUT2D eigenvalue weighted by molar-refractivity contribution is 0.0935. The zero-order valence-electron chi connectivity index (χ0n) is 11.3. The number of aromatic nitrogens is 1. The molecule has 1 unspecified atom stereocenters. The number of pyridine rings is 1. The third-order valence-corrected chi connectivity index (χ3v) is 3.54. The second-order valence-corrected chi connectivity index (χ2v) is 5.16. The lowest BCUT2D eigenvalue weighted by Gasteiger charge is -2.15. The number of carbonyl (C=O) groups is 1. The van der Waals surface area contributed by atoms with Crippen molar-refractivity contribution in [3.05, 3.63) is 58.3 Å². The molecule has 0 aliphatic rings. The van der Waals surface area contributed by atoms with Crippen LogP contribution in [0.5, 0.6) is 5.75 Å². The van der Waals surface area contributed by atoms with Gasteiger partial charge in [-0.15, -0.1) is 0 Å². The average Bonchev–Trinajstić information content (AvgIpc) is 2.48. The fraction of sp³-hybridized carbons (Fsp3) is 0.200. The Labute approximate surface area is 126 Å². The Bertz CT molecular complexity index is 602. The Morgan fingerprint density at radius 1 is 1.35 bits per heavy atom. The number of methoxy groups -OCH3 is 1. The van der Waals surface area contributed by atoms with Gasteiger partial charge in [0.25, 0.3) is 5.91 Å². The van der Waals surface area contributed by atoms with E-state index in [-0.39, 0.29) is 11.9 Å². The maximum absolute atomic E-state index is 12.0. The van der Waals surface area contributed by atoms with E-state index in [0.29, 0.717) is 5.69 Å². The van der Waals surface area contributed by atoms with Crippen molar-refractivity contribution in [3.63, 3.8) is 0 Å². The first-order valence-corrected chi connectivity index (χ1v) is 6.96. The van der Waals surface area contributed by atoms with E-state index < -0.39 is 0 Å². The Balaban J connectivity index is 2.10. The van der Waals surface area contributed by atoms with E-state index in [1.807, 2.05) is 25.1 Å². The van der Waals surface area contributed by atoms with Crippen LogP contribution in [0.25, 0.3) is 0 Å². The summed E-state index contributed by atoms with van der Waals surface area (Å²) in [7, 11) is 1.62. The van der Waals surface area contributed by atoms with Gasteiger partial charge in [0.2, 0.25) is 0 Å². The summed E-state index contributed by atoms with van der Waals surface area (Å²) in [5.74, 6) is 0.571. The SMILES string of the molecule is COc1ccc(C(C)NC(=O)c2ccccn2)cc1Br. The summed E-state index contributed by atoms with van der Waals surface area (Å²) in [6.45, 7) is 1.93. The van der Waals surface area contributed by atoms with Crippen molar-refractivity contribution < 1.29 is 9.53 Å².